The molecule has 0 fully saturated rings. The number of nitrogens with zero attached hydrogens (tertiary/aromatic N) is 1. The van der Waals surface area contributed by atoms with E-state index in [2.05, 4.69) is 22.8 Å². The van der Waals surface area contributed by atoms with E-state index in [0.717, 1.165) is 22.6 Å². The third kappa shape index (κ3) is 4.80. The average molecular weight is 379 g/mol. The van der Waals surface area contributed by atoms with Gasteiger partial charge in [-0.1, -0.05) is 49.4 Å². The van der Waals surface area contributed by atoms with Gasteiger partial charge < -0.3 is 0 Å². The van der Waals surface area contributed by atoms with Crippen LogP contribution in [0.1, 0.15) is 48.8 Å². The number of rotatable bonds is 5. The zero-order valence-corrected chi connectivity index (χ0v) is 16.1. The SMILES string of the molecule is CCc1ccc(C(=O)NNC(=O)c2sc(Cc3ccccc3)nc2C)cc1. The van der Waals surface area contributed by atoms with Gasteiger partial charge in [0.1, 0.15) is 4.88 Å². The summed E-state index contributed by atoms with van der Waals surface area (Å²) in [4.78, 5) is 29.6. The number of benzene rings is 2. The van der Waals surface area contributed by atoms with Crippen LogP contribution in [-0.4, -0.2) is 16.8 Å². The molecule has 0 bridgehead atoms. The Balaban J connectivity index is 1.61. The van der Waals surface area contributed by atoms with E-state index in [9.17, 15) is 9.59 Å². The number of hydrazine groups is 1. The van der Waals surface area contributed by atoms with Gasteiger partial charge in [-0.2, -0.15) is 0 Å². The van der Waals surface area contributed by atoms with Crippen LogP contribution in [0.4, 0.5) is 0 Å². The van der Waals surface area contributed by atoms with Crippen molar-refractivity contribution in [1.82, 2.24) is 15.8 Å². The Morgan fingerprint density at radius 1 is 0.926 bits per heavy atom. The summed E-state index contributed by atoms with van der Waals surface area (Å²) >= 11 is 1.34. The molecule has 2 aromatic carbocycles. The van der Waals surface area contributed by atoms with Gasteiger partial charge in [-0.3, -0.25) is 20.4 Å². The van der Waals surface area contributed by atoms with E-state index in [4.69, 9.17) is 0 Å². The van der Waals surface area contributed by atoms with Crippen LogP contribution in [0.15, 0.2) is 54.6 Å². The maximum atomic E-state index is 12.4. The van der Waals surface area contributed by atoms with Gasteiger partial charge in [0.15, 0.2) is 0 Å². The van der Waals surface area contributed by atoms with Gasteiger partial charge >= 0.3 is 0 Å². The molecule has 6 heteroatoms. The molecule has 27 heavy (non-hydrogen) atoms. The molecule has 0 radical (unpaired) electrons. The van der Waals surface area contributed by atoms with E-state index in [1.165, 1.54) is 11.3 Å². The Labute approximate surface area is 162 Å². The largest absolute Gasteiger partial charge is 0.281 e. The zero-order valence-electron chi connectivity index (χ0n) is 15.3. The lowest BCUT2D eigenvalue weighted by Crippen LogP contribution is -2.41. The first-order valence-corrected chi connectivity index (χ1v) is 9.58. The molecule has 3 aromatic rings. The summed E-state index contributed by atoms with van der Waals surface area (Å²) in [6, 6.07) is 17.3. The maximum absolute atomic E-state index is 12.4. The van der Waals surface area contributed by atoms with Crippen LogP contribution >= 0.6 is 11.3 Å². The fourth-order valence-corrected chi connectivity index (χ4v) is 3.64. The van der Waals surface area contributed by atoms with Gasteiger partial charge in [-0.15, -0.1) is 11.3 Å². The lowest BCUT2D eigenvalue weighted by atomic mass is 10.1. The normalized spacial score (nSPS) is 10.4. The van der Waals surface area contributed by atoms with Crippen molar-refractivity contribution in [2.75, 3.05) is 0 Å². The molecule has 2 amide bonds. The fourth-order valence-electron chi connectivity index (χ4n) is 2.64. The van der Waals surface area contributed by atoms with Gasteiger partial charge in [0.2, 0.25) is 0 Å². The van der Waals surface area contributed by atoms with Crippen LogP contribution in [-0.2, 0) is 12.8 Å². The van der Waals surface area contributed by atoms with Crippen LogP contribution < -0.4 is 10.9 Å². The second-order valence-electron chi connectivity index (χ2n) is 6.14. The molecule has 5 nitrogen and oxygen atoms in total. The quantitative estimate of drug-likeness (QED) is 0.665. The average Bonchev–Trinajstić information content (AvgIpc) is 3.06. The van der Waals surface area contributed by atoms with Crippen LogP contribution in [0.25, 0.3) is 0 Å². The molecule has 2 N–H and O–H groups in total. The Morgan fingerprint density at radius 3 is 2.26 bits per heavy atom. The summed E-state index contributed by atoms with van der Waals surface area (Å²) in [5.41, 5.74) is 8.39. The van der Waals surface area contributed by atoms with Crippen molar-refractivity contribution in [3.05, 3.63) is 86.9 Å². The summed E-state index contributed by atoms with van der Waals surface area (Å²) in [7, 11) is 0. The molecule has 0 atom stereocenters. The Kier molecular flexibility index (Phi) is 5.98. The fraction of sp³-hybridized carbons (Fsp3) is 0.190. The number of aryl methyl sites for hydroxylation is 2. The highest BCUT2D eigenvalue weighted by molar-refractivity contribution is 7.13. The van der Waals surface area contributed by atoms with E-state index in [1.54, 1.807) is 19.1 Å². The van der Waals surface area contributed by atoms with Crippen molar-refractivity contribution in [2.45, 2.75) is 26.7 Å². The van der Waals surface area contributed by atoms with Gasteiger partial charge in [-0.05, 0) is 36.6 Å². The maximum Gasteiger partial charge on any atom is 0.281 e. The van der Waals surface area contributed by atoms with Crippen molar-refractivity contribution in [3.63, 3.8) is 0 Å². The minimum atomic E-state index is -0.358. The standard InChI is InChI=1S/C21H21N3O2S/c1-3-15-9-11-17(12-10-15)20(25)23-24-21(26)19-14(2)22-18(27-19)13-16-7-5-4-6-8-16/h4-12H,3,13H2,1-2H3,(H,23,25)(H,24,26). The topological polar surface area (TPSA) is 71.1 Å². The minimum absolute atomic E-state index is 0.349. The Bertz CT molecular complexity index is 934. The molecule has 0 aliphatic heterocycles. The van der Waals surface area contributed by atoms with E-state index < -0.39 is 0 Å². The lowest BCUT2D eigenvalue weighted by Gasteiger charge is -2.07. The first kappa shape index (κ1) is 18.8. The zero-order chi connectivity index (χ0) is 19.2. The van der Waals surface area contributed by atoms with Crippen molar-refractivity contribution in [3.8, 4) is 0 Å². The molecule has 0 unspecified atom stereocenters. The minimum Gasteiger partial charge on any atom is -0.267 e. The number of amides is 2. The van der Waals surface area contributed by atoms with Crippen LogP contribution in [0.3, 0.4) is 0 Å². The monoisotopic (exact) mass is 379 g/mol. The van der Waals surface area contributed by atoms with E-state index in [1.807, 2.05) is 42.5 Å². The molecule has 1 heterocycles. The Hall–Kier alpha value is -2.99. The van der Waals surface area contributed by atoms with Crippen molar-refractivity contribution in [1.29, 1.82) is 0 Å². The van der Waals surface area contributed by atoms with Crippen molar-refractivity contribution >= 4 is 23.2 Å². The van der Waals surface area contributed by atoms with Crippen LogP contribution in [0, 0.1) is 6.92 Å². The van der Waals surface area contributed by atoms with Gasteiger partial charge in [0, 0.05) is 12.0 Å². The van der Waals surface area contributed by atoms with Crippen LogP contribution in [0.5, 0.6) is 0 Å². The number of hydrogen-bond acceptors (Lipinski definition) is 4. The van der Waals surface area contributed by atoms with E-state index >= 15 is 0 Å². The molecule has 1 aromatic heterocycles. The highest BCUT2D eigenvalue weighted by Gasteiger charge is 2.16. The highest BCUT2D eigenvalue weighted by Crippen LogP contribution is 2.20. The number of carbonyl (C=O) groups is 2. The van der Waals surface area contributed by atoms with Gasteiger partial charge in [0.05, 0.1) is 10.7 Å². The molecule has 0 saturated carbocycles. The van der Waals surface area contributed by atoms with Gasteiger partial charge in [0.25, 0.3) is 11.8 Å². The number of carbonyl (C=O) groups excluding carboxylic acids is 2. The highest BCUT2D eigenvalue weighted by atomic mass is 32.1. The van der Waals surface area contributed by atoms with E-state index in [0.29, 0.717) is 22.6 Å². The molecule has 0 aliphatic carbocycles. The second-order valence-corrected chi connectivity index (χ2v) is 7.23. The number of aromatic nitrogens is 1. The Morgan fingerprint density at radius 2 is 1.59 bits per heavy atom. The summed E-state index contributed by atoms with van der Waals surface area (Å²) in [6.07, 6.45) is 1.59. The van der Waals surface area contributed by atoms with Crippen LogP contribution in [0.2, 0.25) is 0 Å². The number of nitrogens with one attached hydrogen (secondary N) is 2. The third-order valence-electron chi connectivity index (χ3n) is 4.16. The first-order valence-electron chi connectivity index (χ1n) is 8.76. The number of hydrogen-bond donors (Lipinski definition) is 2. The van der Waals surface area contributed by atoms with Gasteiger partial charge in [-0.25, -0.2) is 4.98 Å². The smallest absolute Gasteiger partial charge is 0.267 e. The van der Waals surface area contributed by atoms with Crippen molar-refractivity contribution in [2.24, 2.45) is 0 Å². The van der Waals surface area contributed by atoms with E-state index in [-0.39, 0.29) is 11.8 Å². The molecular weight excluding hydrogens is 358 g/mol. The first-order chi connectivity index (χ1) is 13.1. The predicted octanol–water partition coefficient (Wildman–Crippen LogP) is 3.68. The molecule has 3 rings (SSSR count). The summed E-state index contributed by atoms with van der Waals surface area (Å²) in [5, 5.41) is 0.866. The molecule has 0 aliphatic rings. The summed E-state index contributed by atoms with van der Waals surface area (Å²) < 4.78 is 0. The lowest BCUT2D eigenvalue weighted by molar-refractivity contribution is 0.0848. The van der Waals surface area contributed by atoms with Crippen molar-refractivity contribution < 1.29 is 9.59 Å². The summed E-state index contributed by atoms with van der Waals surface area (Å²) in [5.74, 6) is -0.708. The molecule has 138 valence electrons. The molecule has 0 spiro atoms. The summed E-state index contributed by atoms with van der Waals surface area (Å²) in [6.45, 7) is 3.85. The molecule has 0 saturated heterocycles. The predicted molar refractivity (Wildman–Crippen MR) is 107 cm³/mol. The molecular formula is C21H21N3O2S. The second kappa shape index (κ2) is 8.60. The number of thiazole rings is 1. The third-order valence-corrected chi connectivity index (χ3v) is 5.32.